The van der Waals surface area contributed by atoms with Crippen molar-refractivity contribution in [2.45, 2.75) is 25.7 Å². The van der Waals surface area contributed by atoms with Crippen LogP contribution < -0.4 is 5.32 Å². The van der Waals surface area contributed by atoms with Crippen LogP contribution in [0.5, 0.6) is 0 Å². The Morgan fingerprint density at radius 1 is 1.53 bits per heavy atom. The van der Waals surface area contributed by atoms with Gasteiger partial charge >= 0.3 is 0 Å². The van der Waals surface area contributed by atoms with Crippen molar-refractivity contribution in [1.29, 1.82) is 0 Å². The topological polar surface area (TPSA) is 12.0 Å². The van der Waals surface area contributed by atoms with Gasteiger partial charge in [-0.2, -0.15) is 0 Å². The number of hydrogen-bond acceptors (Lipinski definition) is 2. The minimum absolute atomic E-state index is 0.246. The van der Waals surface area contributed by atoms with E-state index < -0.39 is 11.8 Å². The van der Waals surface area contributed by atoms with Crippen molar-refractivity contribution >= 4 is 11.3 Å². The highest BCUT2D eigenvalue weighted by Crippen LogP contribution is 2.42. The van der Waals surface area contributed by atoms with Gasteiger partial charge in [0.25, 0.3) is 5.92 Å². The summed E-state index contributed by atoms with van der Waals surface area (Å²) in [4.78, 5) is 0.246. The molecule has 4 heteroatoms. The average molecular weight is 231 g/mol. The molecule has 1 aliphatic heterocycles. The van der Waals surface area contributed by atoms with Gasteiger partial charge in [-0.25, -0.2) is 8.78 Å². The van der Waals surface area contributed by atoms with Crippen LogP contribution in [0.4, 0.5) is 8.78 Å². The molecule has 1 aromatic heterocycles. The third kappa shape index (κ3) is 2.06. The van der Waals surface area contributed by atoms with E-state index >= 15 is 0 Å². The fourth-order valence-electron chi connectivity index (χ4n) is 2.06. The number of thiophene rings is 1. The molecule has 0 spiro atoms. The molecule has 1 atom stereocenters. The zero-order valence-corrected chi connectivity index (χ0v) is 9.54. The number of halogens is 2. The van der Waals surface area contributed by atoms with Crippen molar-refractivity contribution in [3.8, 4) is 0 Å². The summed E-state index contributed by atoms with van der Waals surface area (Å²) in [6.07, 6.45) is 1.47. The van der Waals surface area contributed by atoms with Crippen LogP contribution in [0.3, 0.4) is 0 Å². The summed E-state index contributed by atoms with van der Waals surface area (Å²) in [5.74, 6) is -3.20. The highest BCUT2D eigenvalue weighted by atomic mass is 32.1. The SMILES string of the molecule is Cc1ccsc1C(F)(F)C1CCCNC1. The second-order valence-electron chi connectivity index (χ2n) is 4.10. The van der Waals surface area contributed by atoms with Gasteiger partial charge in [-0.15, -0.1) is 11.3 Å². The smallest absolute Gasteiger partial charge is 0.286 e. The molecule has 84 valence electrons. The Kier molecular flexibility index (Phi) is 3.07. The predicted molar refractivity (Wildman–Crippen MR) is 58.5 cm³/mol. The van der Waals surface area contributed by atoms with Gasteiger partial charge in [-0.3, -0.25) is 0 Å². The standard InChI is InChI=1S/C11H15F2NS/c1-8-4-6-15-10(8)11(12,13)9-3-2-5-14-7-9/h4,6,9,14H,2-3,5,7H2,1H3. The summed E-state index contributed by atoms with van der Waals surface area (Å²) in [5.41, 5.74) is 0.718. The monoisotopic (exact) mass is 231 g/mol. The third-order valence-electron chi connectivity index (χ3n) is 2.97. The molecular weight excluding hydrogens is 216 g/mol. The first-order valence-corrected chi connectivity index (χ1v) is 6.13. The molecular formula is C11H15F2NS. The Labute approximate surface area is 92.5 Å². The number of rotatable bonds is 2. The fraction of sp³-hybridized carbons (Fsp3) is 0.636. The van der Waals surface area contributed by atoms with E-state index in [-0.39, 0.29) is 4.88 Å². The zero-order chi connectivity index (χ0) is 10.9. The van der Waals surface area contributed by atoms with Crippen LogP contribution in [-0.2, 0) is 5.92 Å². The molecule has 1 saturated heterocycles. The Morgan fingerprint density at radius 3 is 2.87 bits per heavy atom. The van der Waals surface area contributed by atoms with Crippen molar-refractivity contribution in [3.05, 3.63) is 21.9 Å². The molecule has 1 nitrogen and oxygen atoms in total. The molecule has 0 aromatic carbocycles. The summed E-state index contributed by atoms with van der Waals surface area (Å²) in [7, 11) is 0. The Bertz CT molecular complexity index is 329. The van der Waals surface area contributed by atoms with Crippen molar-refractivity contribution in [2.24, 2.45) is 5.92 Å². The largest absolute Gasteiger partial charge is 0.316 e. The normalized spacial score (nSPS) is 23.0. The number of alkyl halides is 2. The maximum atomic E-state index is 14.1. The van der Waals surface area contributed by atoms with Crippen LogP contribution in [0, 0.1) is 12.8 Å². The maximum absolute atomic E-state index is 14.1. The lowest BCUT2D eigenvalue weighted by Gasteiger charge is -2.30. The van der Waals surface area contributed by atoms with Crippen molar-refractivity contribution in [3.63, 3.8) is 0 Å². The van der Waals surface area contributed by atoms with Gasteiger partial charge in [0.15, 0.2) is 0 Å². The van der Waals surface area contributed by atoms with E-state index in [0.717, 1.165) is 18.5 Å². The molecule has 1 N–H and O–H groups in total. The van der Waals surface area contributed by atoms with Crippen molar-refractivity contribution < 1.29 is 8.78 Å². The molecule has 0 saturated carbocycles. The van der Waals surface area contributed by atoms with Gasteiger partial charge in [0.05, 0.1) is 4.88 Å². The molecule has 0 bridgehead atoms. The molecule has 15 heavy (non-hydrogen) atoms. The van der Waals surface area contributed by atoms with E-state index in [1.54, 1.807) is 18.4 Å². The highest BCUT2D eigenvalue weighted by molar-refractivity contribution is 7.10. The van der Waals surface area contributed by atoms with Crippen LogP contribution in [0.2, 0.25) is 0 Å². The average Bonchev–Trinajstić information content (AvgIpc) is 2.66. The lowest BCUT2D eigenvalue weighted by molar-refractivity contribution is -0.0696. The maximum Gasteiger partial charge on any atom is 0.286 e. The van der Waals surface area contributed by atoms with Gasteiger partial charge in [0.1, 0.15) is 0 Å². The van der Waals surface area contributed by atoms with Crippen molar-refractivity contribution in [1.82, 2.24) is 5.32 Å². The molecule has 0 aliphatic carbocycles. The molecule has 0 radical (unpaired) electrons. The summed E-state index contributed by atoms with van der Waals surface area (Å²) in [6.45, 7) is 3.07. The van der Waals surface area contributed by atoms with E-state index in [2.05, 4.69) is 5.32 Å². The minimum atomic E-state index is -2.66. The summed E-state index contributed by atoms with van der Waals surface area (Å²) < 4.78 is 28.2. The molecule has 2 heterocycles. The zero-order valence-electron chi connectivity index (χ0n) is 8.72. The lowest BCUT2D eigenvalue weighted by Crippen LogP contribution is -2.39. The molecule has 2 rings (SSSR count). The minimum Gasteiger partial charge on any atom is -0.316 e. The van der Waals surface area contributed by atoms with Gasteiger partial charge < -0.3 is 5.32 Å². The third-order valence-corrected chi connectivity index (χ3v) is 4.08. The lowest BCUT2D eigenvalue weighted by atomic mass is 9.91. The van der Waals surface area contributed by atoms with E-state index in [9.17, 15) is 8.78 Å². The predicted octanol–water partition coefficient (Wildman–Crippen LogP) is 3.15. The number of piperidine rings is 1. The molecule has 1 aromatic rings. The number of nitrogens with one attached hydrogen (secondary N) is 1. The van der Waals surface area contributed by atoms with E-state index in [1.807, 2.05) is 0 Å². The quantitative estimate of drug-likeness (QED) is 0.824. The second-order valence-corrected chi connectivity index (χ2v) is 5.02. The first kappa shape index (κ1) is 11.0. The Morgan fingerprint density at radius 2 is 2.33 bits per heavy atom. The van der Waals surface area contributed by atoms with Gasteiger partial charge in [-0.05, 0) is 43.3 Å². The van der Waals surface area contributed by atoms with Gasteiger partial charge in [0.2, 0.25) is 0 Å². The molecule has 0 amide bonds. The van der Waals surface area contributed by atoms with Crippen LogP contribution in [0.1, 0.15) is 23.3 Å². The first-order valence-electron chi connectivity index (χ1n) is 5.25. The first-order chi connectivity index (χ1) is 7.12. The number of hydrogen-bond donors (Lipinski definition) is 1. The van der Waals surface area contributed by atoms with Crippen molar-refractivity contribution in [2.75, 3.05) is 13.1 Å². The second kappa shape index (κ2) is 4.18. The van der Waals surface area contributed by atoms with Gasteiger partial charge in [-0.1, -0.05) is 0 Å². The van der Waals surface area contributed by atoms with E-state index in [0.29, 0.717) is 13.0 Å². The Hall–Kier alpha value is -0.480. The Balaban J connectivity index is 2.21. The molecule has 1 fully saturated rings. The summed E-state index contributed by atoms with van der Waals surface area (Å²) in [6, 6.07) is 1.77. The van der Waals surface area contributed by atoms with Crippen LogP contribution >= 0.6 is 11.3 Å². The molecule has 1 unspecified atom stereocenters. The molecule has 1 aliphatic rings. The fourth-order valence-corrected chi connectivity index (χ4v) is 3.05. The number of aryl methyl sites for hydroxylation is 1. The van der Waals surface area contributed by atoms with Gasteiger partial charge in [0, 0.05) is 12.5 Å². The van der Waals surface area contributed by atoms with Crippen LogP contribution in [-0.4, -0.2) is 13.1 Å². The van der Waals surface area contributed by atoms with Crippen LogP contribution in [0.25, 0.3) is 0 Å². The summed E-state index contributed by atoms with van der Waals surface area (Å²) in [5, 5.41) is 4.79. The van der Waals surface area contributed by atoms with E-state index in [1.165, 1.54) is 11.3 Å². The highest BCUT2D eigenvalue weighted by Gasteiger charge is 2.43. The van der Waals surface area contributed by atoms with Crippen LogP contribution in [0.15, 0.2) is 11.4 Å². The summed E-state index contributed by atoms with van der Waals surface area (Å²) >= 11 is 1.17. The van der Waals surface area contributed by atoms with E-state index in [4.69, 9.17) is 0 Å².